The summed E-state index contributed by atoms with van der Waals surface area (Å²) in [5.41, 5.74) is 2.17. The Kier molecular flexibility index (Phi) is 5.75. The van der Waals surface area contributed by atoms with Crippen molar-refractivity contribution in [3.8, 4) is 0 Å². The van der Waals surface area contributed by atoms with Crippen molar-refractivity contribution in [3.05, 3.63) is 35.4 Å². The van der Waals surface area contributed by atoms with E-state index in [9.17, 15) is 9.90 Å². The van der Waals surface area contributed by atoms with Crippen molar-refractivity contribution in [2.75, 3.05) is 6.54 Å². The van der Waals surface area contributed by atoms with Crippen LogP contribution in [0.25, 0.3) is 0 Å². The normalized spacial score (nSPS) is 14.7. The van der Waals surface area contributed by atoms with Gasteiger partial charge in [-0.05, 0) is 24.3 Å². The summed E-state index contributed by atoms with van der Waals surface area (Å²) in [6, 6.07) is 8.23. The molecule has 20 heavy (non-hydrogen) atoms. The third-order valence-electron chi connectivity index (χ3n) is 3.58. The summed E-state index contributed by atoms with van der Waals surface area (Å²) in [7, 11) is 0. The van der Waals surface area contributed by atoms with Crippen LogP contribution < -0.4 is 5.32 Å². The number of nitrogens with one attached hydrogen (secondary N) is 1. The summed E-state index contributed by atoms with van der Waals surface area (Å²) in [6.45, 7) is 10.1. The zero-order chi connectivity index (χ0) is 15.3. The molecule has 1 rings (SSSR count). The number of benzene rings is 1. The highest BCUT2D eigenvalue weighted by molar-refractivity contribution is 5.78. The maximum atomic E-state index is 12.0. The summed E-state index contributed by atoms with van der Waals surface area (Å²) in [6.07, 6.45) is 0.190. The van der Waals surface area contributed by atoms with E-state index in [1.165, 1.54) is 5.56 Å². The lowest BCUT2D eigenvalue weighted by Gasteiger charge is -2.26. The SMILES string of the molecule is Cc1ccc(CC(C)C(=O)NCC(O)C(C)(C)C)cc1. The molecule has 0 aromatic heterocycles. The van der Waals surface area contributed by atoms with Gasteiger partial charge in [0.2, 0.25) is 5.91 Å². The summed E-state index contributed by atoms with van der Waals surface area (Å²) in [5.74, 6) is -0.0984. The van der Waals surface area contributed by atoms with E-state index in [0.29, 0.717) is 6.54 Å². The molecule has 2 N–H and O–H groups in total. The standard InChI is InChI=1S/C17H27NO2/c1-12-6-8-14(9-7-12)10-13(2)16(20)18-11-15(19)17(3,4)5/h6-9,13,15,19H,10-11H2,1-5H3,(H,18,20). The Bertz CT molecular complexity index is 431. The Balaban J connectivity index is 2.45. The average Bonchev–Trinajstić information content (AvgIpc) is 2.36. The van der Waals surface area contributed by atoms with Crippen LogP contribution in [0.1, 0.15) is 38.8 Å². The molecule has 3 heteroatoms. The van der Waals surface area contributed by atoms with Gasteiger partial charge < -0.3 is 10.4 Å². The predicted octanol–water partition coefficient (Wildman–Crippen LogP) is 2.70. The van der Waals surface area contributed by atoms with E-state index in [1.807, 2.05) is 34.6 Å². The number of rotatable bonds is 5. The van der Waals surface area contributed by atoms with Crippen LogP contribution >= 0.6 is 0 Å². The summed E-state index contributed by atoms with van der Waals surface area (Å²) < 4.78 is 0. The van der Waals surface area contributed by atoms with Crippen LogP contribution in [0.15, 0.2) is 24.3 Å². The van der Waals surface area contributed by atoms with E-state index in [0.717, 1.165) is 12.0 Å². The number of carbonyl (C=O) groups is 1. The zero-order valence-electron chi connectivity index (χ0n) is 13.2. The van der Waals surface area contributed by atoms with Crippen molar-refractivity contribution in [1.82, 2.24) is 5.32 Å². The van der Waals surface area contributed by atoms with E-state index in [-0.39, 0.29) is 17.2 Å². The maximum absolute atomic E-state index is 12.0. The second-order valence-corrected chi connectivity index (χ2v) is 6.72. The first-order chi connectivity index (χ1) is 9.20. The second-order valence-electron chi connectivity index (χ2n) is 6.72. The van der Waals surface area contributed by atoms with Crippen LogP contribution in [0.2, 0.25) is 0 Å². The van der Waals surface area contributed by atoms with Crippen LogP contribution in [0.3, 0.4) is 0 Å². The van der Waals surface area contributed by atoms with Crippen molar-refractivity contribution in [1.29, 1.82) is 0 Å². The van der Waals surface area contributed by atoms with Gasteiger partial charge in [0.05, 0.1) is 6.10 Å². The van der Waals surface area contributed by atoms with E-state index in [4.69, 9.17) is 0 Å². The second kappa shape index (κ2) is 6.89. The Labute approximate surface area is 122 Å². The molecule has 0 fully saturated rings. The predicted molar refractivity (Wildman–Crippen MR) is 82.5 cm³/mol. The third kappa shape index (κ3) is 5.33. The van der Waals surface area contributed by atoms with Crippen LogP contribution in [0, 0.1) is 18.3 Å². The number of aryl methyl sites for hydroxylation is 1. The molecule has 1 aromatic carbocycles. The monoisotopic (exact) mass is 277 g/mol. The largest absolute Gasteiger partial charge is 0.391 e. The molecule has 0 radical (unpaired) electrons. The fraction of sp³-hybridized carbons (Fsp3) is 0.588. The fourth-order valence-corrected chi connectivity index (χ4v) is 1.85. The first-order valence-corrected chi connectivity index (χ1v) is 7.21. The molecular formula is C17H27NO2. The van der Waals surface area contributed by atoms with Gasteiger partial charge >= 0.3 is 0 Å². The zero-order valence-corrected chi connectivity index (χ0v) is 13.2. The van der Waals surface area contributed by atoms with E-state index >= 15 is 0 Å². The molecule has 0 saturated carbocycles. The van der Waals surface area contributed by atoms with Gasteiger partial charge in [-0.3, -0.25) is 4.79 Å². The van der Waals surface area contributed by atoms with Gasteiger partial charge in [-0.25, -0.2) is 0 Å². The molecule has 0 aliphatic rings. The molecule has 0 heterocycles. The van der Waals surface area contributed by atoms with Crippen molar-refractivity contribution in [2.45, 2.75) is 47.1 Å². The molecule has 0 saturated heterocycles. The molecular weight excluding hydrogens is 250 g/mol. The Morgan fingerprint density at radius 2 is 1.80 bits per heavy atom. The van der Waals surface area contributed by atoms with Gasteiger partial charge in [0.15, 0.2) is 0 Å². The molecule has 2 atom stereocenters. The van der Waals surface area contributed by atoms with Gasteiger partial charge in [-0.2, -0.15) is 0 Å². The van der Waals surface area contributed by atoms with E-state index < -0.39 is 6.10 Å². The van der Waals surface area contributed by atoms with Gasteiger partial charge in [-0.1, -0.05) is 57.5 Å². The quantitative estimate of drug-likeness (QED) is 0.869. The van der Waals surface area contributed by atoms with Gasteiger partial charge in [-0.15, -0.1) is 0 Å². The highest BCUT2D eigenvalue weighted by Crippen LogP contribution is 2.18. The molecule has 3 nitrogen and oxygen atoms in total. The first kappa shape index (κ1) is 16.7. The minimum atomic E-state index is -0.530. The smallest absolute Gasteiger partial charge is 0.223 e. The maximum Gasteiger partial charge on any atom is 0.223 e. The van der Waals surface area contributed by atoms with Crippen LogP contribution in [0.4, 0.5) is 0 Å². The van der Waals surface area contributed by atoms with Gasteiger partial charge in [0, 0.05) is 12.5 Å². The number of carbonyl (C=O) groups excluding carboxylic acids is 1. The molecule has 1 amide bonds. The van der Waals surface area contributed by atoms with Gasteiger partial charge in [0.1, 0.15) is 0 Å². The highest BCUT2D eigenvalue weighted by atomic mass is 16.3. The minimum absolute atomic E-state index is 0.00567. The van der Waals surface area contributed by atoms with E-state index in [1.54, 1.807) is 0 Å². The number of hydrogen-bond acceptors (Lipinski definition) is 2. The summed E-state index contributed by atoms with van der Waals surface area (Å²) in [4.78, 5) is 12.0. The van der Waals surface area contributed by atoms with Gasteiger partial charge in [0.25, 0.3) is 0 Å². The number of aliphatic hydroxyl groups excluding tert-OH is 1. The number of hydrogen-bond donors (Lipinski definition) is 2. The van der Waals surface area contributed by atoms with Crippen molar-refractivity contribution < 1.29 is 9.90 Å². The first-order valence-electron chi connectivity index (χ1n) is 7.21. The summed E-state index contributed by atoms with van der Waals surface area (Å²) >= 11 is 0. The Hall–Kier alpha value is -1.35. The molecule has 0 bridgehead atoms. The summed E-state index contributed by atoms with van der Waals surface area (Å²) in [5, 5.41) is 12.8. The molecule has 0 spiro atoms. The van der Waals surface area contributed by atoms with Crippen molar-refractivity contribution in [2.24, 2.45) is 11.3 Å². The van der Waals surface area contributed by atoms with Crippen molar-refractivity contribution in [3.63, 3.8) is 0 Å². The highest BCUT2D eigenvalue weighted by Gasteiger charge is 2.23. The fourth-order valence-electron chi connectivity index (χ4n) is 1.85. The Morgan fingerprint density at radius 1 is 1.25 bits per heavy atom. The van der Waals surface area contributed by atoms with Crippen molar-refractivity contribution >= 4 is 5.91 Å². The molecule has 0 aliphatic heterocycles. The molecule has 1 aromatic rings. The average molecular weight is 277 g/mol. The van der Waals surface area contributed by atoms with Crippen LogP contribution in [-0.4, -0.2) is 23.7 Å². The topological polar surface area (TPSA) is 49.3 Å². The Morgan fingerprint density at radius 3 is 2.30 bits per heavy atom. The number of aliphatic hydroxyl groups is 1. The number of amides is 1. The van der Waals surface area contributed by atoms with Crippen LogP contribution in [0.5, 0.6) is 0 Å². The lowest BCUT2D eigenvalue weighted by atomic mass is 9.89. The molecule has 112 valence electrons. The lowest BCUT2D eigenvalue weighted by Crippen LogP contribution is -2.41. The minimum Gasteiger partial charge on any atom is -0.391 e. The lowest BCUT2D eigenvalue weighted by molar-refractivity contribution is -0.125. The van der Waals surface area contributed by atoms with E-state index in [2.05, 4.69) is 29.6 Å². The van der Waals surface area contributed by atoms with Crippen LogP contribution in [-0.2, 0) is 11.2 Å². The molecule has 0 aliphatic carbocycles. The molecule has 2 unspecified atom stereocenters. The third-order valence-corrected chi connectivity index (χ3v) is 3.58.